The van der Waals surface area contributed by atoms with Crippen molar-refractivity contribution in [1.29, 1.82) is 0 Å². The summed E-state index contributed by atoms with van der Waals surface area (Å²) in [4.78, 5) is 11.3. The molecular formula is C12H22O3S. The quantitative estimate of drug-likeness (QED) is 0.712. The van der Waals surface area contributed by atoms with Crippen molar-refractivity contribution in [2.75, 3.05) is 13.2 Å². The maximum atomic E-state index is 11.3. The first-order valence-electron chi connectivity index (χ1n) is 5.71. The summed E-state index contributed by atoms with van der Waals surface area (Å²) in [6.45, 7) is 7.40. The molecule has 2 aliphatic rings. The van der Waals surface area contributed by atoms with E-state index in [2.05, 4.69) is 13.8 Å². The third kappa shape index (κ3) is 2.79. The lowest BCUT2D eigenvalue weighted by molar-refractivity contribution is -0.295. The molecule has 0 unspecified atom stereocenters. The average Bonchev–Trinajstić information content (AvgIpc) is 2.56. The van der Waals surface area contributed by atoms with Gasteiger partial charge < -0.3 is 9.47 Å². The molecule has 0 bridgehead atoms. The maximum Gasteiger partial charge on any atom is 0.169 e. The first-order chi connectivity index (χ1) is 6.93. The van der Waals surface area contributed by atoms with Crippen LogP contribution in [0.3, 0.4) is 0 Å². The predicted octanol–water partition coefficient (Wildman–Crippen LogP) is 2.26. The Morgan fingerprint density at radius 1 is 1.25 bits per heavy atom. The van der Waals surface area contributed by atoms with E-state index in [-0.39, 0.29) is 30.6 Å². The molecule has 2 fully saturated rings. The van der Waals surface area contributed by atoms with Crippen LogP contribution in [0.15, 0.2) is 0 Å². The van der Waals surface area contributed by atoms with Gasteiger partial charge in [0, 0.05) is 24.2 Å². The standard InChI is InChI=1S/C12H20O3.H2S/c1-9(13)10-4-5-12(6-10)14-7-11(2,3)8-15-12;/h10H,4-8H2,1-3H3;1H2/t10-;/m0./s1. The van der Waals surface area contributed by atoms with Crippen molar-refractivity contribution < 1.29 is 14.3 Å². The highest BCUT2D eigenvalue weighted by Gasteiger charge is 2.47. The van der Waals surface area contributed by atoms with Crippen LogP contribution < -0.4 is 0 Å². The van der Waals surface area contributed by atoms with Gasteiger partial charge >= 0.3 is 0 Å². The van der Waals surface area contributed by atoms with Crippen LogP contribution in [-0.2, 0) is 14.3 Å². The molecule has 1 aliphatic heterocycles. The van der Waals surface area contributed by atoms with Gasteiger partial charge in [-0.25, -0.2) is 0 Å². The Labute approximate surface area is 104 Å². The Kier molecular flexibility index (Phi) is 4.08. The van der Waals surface area contributed by atoms with Crippen LogP contribution >= 0.6 is 13.5 Å². The second-order valence-corrected chi connectivity index (χ2v) is 5.70. The minimum atomic E-state index is -0.439. The topological polar surface area (TPSA) is 35.5 Å². The summed E-state index contributed by atoms with van der Waals surface area (Å²) in [7, 11) is 0. The van der Waals surface area contributed by atoms with Gasteiger partial charge in [-0.05, 0) is 13.3 Å². The number of carbonyl (C=O) groups is 1. The van der Waals surface area contributed by atoms with Gasteiger partial charge in [0.15, 0.2) is 5.79 Å². The van der Waals surface area contributed by atoms with Crippen LogP contribution in [0.2, 0.25) is 0 Å². The molecule has 2 rings (SSSR count). The molecule has 1 atom stereocenters. The molecule has 0 aromatic heterocycles. The Morgan fingerprint density at radius 2 is 1.81 bits per heavy atom. The summed E-state index contributed by atoms with van der Waals surface area (Å²) in [5.74, 6) is -0.0265. The smallest absolute Gasteiger partial charge is 0.169 e. The zero-order valence-corrected chi connectivity index (χ0v) is 11.3. The van der Waals surface area contributed by atoms with Crippen LogP contribution in [0.5, 0.6) is 0 Å². The predicted molar refractivity (Wildman–Crippen MR) is 66.8 cm³/mol. The Balaban J connectivity index is 0.00000128. The van der Waals surface area contributed by atoms with E-state index in [1.54, 1.807) is 6.92 Å². The van der Waals surface area contributed by atoms with Crippen LogP contribution in [0.25, 0.3) is 0 Å². The summed E-state index contributed by atoms with van der Waals surface area (Å²) in [5.41, 5.74) is 0.111. The number of hydrogen-bond donors (Lipinski definition) is 0. The highest BCUT2D eigenvalue weighted by Crippen LogP contribution is 2.43. The fraction of sp³-hybridized carbons (Fsp3) is 0.917. The van der Waals surface area contributed by atoms with E-state index in [4.69, 9.17) is 9.47 Å². The highest BCUT2D eigenvalue weighted by atomic mass is 32.1. The second kappa shape index (κ2) is 4.67. The highest BCUT2D eigenvalue weighted by molar-refractivity contribution is 7.59. The Hall–Kier alpha value is -0.0600. The van der Waals surface area contributed by atoms with E-state index < -0.39 is 5.79 Å². The van der Waals surface area contributed by atoms with Crippen molar-refractivity contribution in [3.05, 3.63) is 0 Å². The molecule has 0 aromatic carbocycles. The SMILES string of the molecule is CC(=O)[C@H]1CCC2(C1)OCC(C)(C)CO2.S. The third-order valence-electron chi connectivity index (χ3n) is 3.46. The lowest BCUT2D eigenvalue weighted by Gasteiger charge is -2.41. The molecule has 1 aliphatic carbocycles. The maximum absolute atomic E-state index is 11.3. The van der Waals surface area contributed by atoms with Gasteiger partial charge in [-0.1, -0.05) is 13.8 Å². The van der Waals surface area contributed by atoms with E-state index in [1.807, 2.05) is 0 Å². The van der Waals surface area contributed by atoms with Crippen LogP contribution in [0.1, 0.15) is 40.0 Å². The number of Topliss-reactive ketones (excluding diaryl/α,β-unsaturated/α-hetero) is 1. The van der Waals surface area contributed by atoms with E-state index in [1.165, 1.54) is 0 Å². The van der Waals surface area contributed by atoms with E-state index >= 15 is 0 Å². The van der Waals surface area contributed by atoms with Gasteiger partial charge in [-0.2, -0.15) is 13.5 Å². The van der Waals surface area contributed by atoms with Crippen molar-refractivity contribution in [3.63, 3.8) is 0 Å². The monoisotopic (exact) mass is 246 g/mol. The molecule has 0 N–H and O–H groups in total. The molecule has 1 spiro atoms. The van der Waals surface area contributed by atoms with E-state index in [0.29, 0.717) is 0 Å². The lowest BCUT2D eigenvalue weighted by Crippen LogP contribution is -2.46. The summed E-state index contributed by atoms with van der Waals surface area (Å²) in [5, 5.41) is 0. The van der Waals surface area contributed by atoms with Crippen molar-refractivity contribution in [2.45, 2.75) is 45.8 Å². The first kappa shape index (κ1) is 14.0. The van der Waals surface area contributed by atoms with Crippen LogP contribution in [0.4, 0.5) is 0 Å². The number of ketones is 1. The molecule has 1 saturated carbocycles. The van der Waals surface area contributed by atoms with Gasteiger partial charge in [0.05, 0.1) is 13.2 Å². The Bertz CT molecular complexity index is 265. The fourth-order valence-electron chi connectivity index (χ4n) is 2.32. The number of rotatable bonds is 1. The minimum Gasteiger partial charge on any atom is -0.349 e. The van der Waals surface area contributed by atoms with E-state index in [9.17, 15) is 4.79 Å². The molecule has 3 nitrogen and oxygen atoms in total. The largest absolute Gasteiger partial charge is 0.349 e. The molecule has 16 heavy (non-hydrogen) atoms. The zero-order chi connectivity index (χ0) is 11.1. The number of carbonyl (C=O) groups excluding carboxylic acids is 1. The van der Waals surface area contributed by atoms with Gasteiger partial charge in [-0.15, -0.1) is 0 Å². The summed E-state index contributed by atoms with van der Waals surface area (Å²) in [6.07, 6.45) is 2.53. The van der Waals surface area contributed by atoms with Crippen molar-refractivity contribution >= 4 is 19.3 Å². The molecule has 1 saturated heterocycles. The molecule has 0 radical (unpaired) electrons. The first-order valence-corrected chi connectivity index (χ1v) is 5.71. The minimum absolute atomic E-state index is 0. The molecule has 1 heterocycles. The molecule has 0 amide bonds. The molecule has 4 heteroatoms. The van der Waals surface area contributed by atoms with Crippen LogP contribution in [0, 0.1) is 11.3 Å². The van der Waals surface area contributed by atoms with E-state index in [0.717, 1.165) is 32.5 Å². The summed E-state index contributed by atoms with van der Waals surface area (Å²) in [6, 6.07) is 0. The van der Waals surface area contributed by atoms with Crippen LogP contribution in [-0.4, -0.2) is 24.8 Å². The number of hydrogen-bond acceptors (Lipinski definition) is 3. The number of ether oxygens (including phenoxy) is 2. The Morgan fingerprint density at radius 3 is 2.25 bits per heavy atom. The fourth-order valence-corrected chi connectivity index (χ4v) is 2.32. The van der Waals surface area contributed by atoms with Crippen molar-refractivity contribution in [2.24, 2.45) is 11.3 Å². The molecule has 94 valence electrons. The third-order valence-corrected chi connectivity index (χ3v) is 3.46. The lowest BCUT2D eigenvalue weighted by atomic mass is 9.94. The van der Waals surface area contributed by atoms with Gasteiger partial charge in [-0.3, -0.25) is 4.79 Å². The second-order valence-electron chi connectivity index (χ2n) is 5.70. The molecule has 0 aromatic rings. The zero-order valence-electron chi connectivity index (χ0n) is 10.3. The molecular weight excluding hydrogens is 224 g/mol. The van der Waals surface area contributed by atoms with Gasteiger partial charge in [0.1, 0.15) is 5.78 Å². The van der Waals surface area contributed by atoms with Gasteiger partial charge in [0.2, 0.25) is 0 Å². The van der Waals surface area contributed by atoms with Crippen molar-refractivity contribution in [1.82, 2.24) is 0 Å². The normalized spacial score (nSPS) is 31.1. The van der Waals surface area contributed by atoms with Crippen molar-refractivity contribution in [3.8, 4) is 0 Å². The summed E-state index contributed by atoms with van der Waals surface area (Å²) < 4.78 is 11.7. The van der Waals surface area contributed by atoms with Gasteiger partial charge in [0.25, 0.3) is 0 Å². The summed E-state index contributed by atoms with van der Waals surface area (Å²) >= 11 is 0. The average molecular weight is 246 g/mol.